The van der Waals surface area contributed by atoms with Gasteiger partial charge in [-0.3, -0.25) is 0 Å². The summed E-state index contributed by atoms with van der Waals surface area (Å²) in [6, 6.07) is 0. The molecule has 0 unspecified atom stereocenters. The minimum absolute atomic E-state index is 0.0934. The molecular formula is C7H9NO3. The summed E-state index contributed by atoms with van der Waals surface area (Å²) in [5, 5.41) is 8.46. The lowest BCUT2D eigenvalue weighted by atomic mass is 10.2. The number of carboxylic acid groups (broad SMARTS) is 1. The van der Waals surface area contributed by atoms with Gasteiger partial charge in [0.25, 0.3) is 0 Å². The largest absolute Gasteiger partial charge is 0.478 e. The topological polar surface area (TPSA) is 66.7 Å². The van der Waals surface area contributed by atoms with E-state index in [0.29, 0.717) is 6.42 Å². The standard InChI is InChI=1S/C7H9NO3/c1-3-6(8-4-9)5(2)7(10)11/h3H2,1-2H3,(H,10,11)/b6-5+. The van der Waals surface area contributed by atoms with Crippen LogP contribution in [0.1, 0.15) is 20.3 Å². The monoisotopic (exact) mass is 155 g/mol. The first-order chi connectivity index (χ1) is 5.13. The van der Waals surface area contributed by atoms with E-state index >= 15 is 0 Å². The fourth-order valence-electron chi connectivity index (χ4n) is 0.607. The van der Waals surface area contributed by atoms with Crippen LogP contribution < -0.4 is 0 Å². The predicted molar refractivity (Wildman–Crippen MR) is 38.7 cm³/mol. The number of hydrogen-bond acceptors (Lipinski definition) is 3. The molecule has 0 spiro atoms. The zero-order chi connectivity index (χ0) is 8.85. The fourth-order valence-corrected chi connectivity index (χ4v) is 0.607. The average Bonchev–Trinajstić information content (AvgIpc) is 1.98. The first kappa shape index (κ1) is 9.59. The lowest BCUT2D eigenvalue weighted by Gasteiger charge is -1.96. The van der Waals surface area contributed by atoms with Crippen LogP contribution in [0.4, 0.5) is 0 Å². The zero-order valence-electron chi connectivity index (χ0n) is 6.42. The number of carbonyl (C=O) groups is 1. The van der Waals surface area contributed by atoms with Crippen LogP contribution in [-0.4, -0.2) is 17.2 Å². The summed E-state index contributed by atoms with van der Waals surface area (Å²) >= 11 is 0. The first-order valence-corrected chi connectivity index (χ1v) is 3.14. The lowest BCUT2D eigenvalue weighted by molar-refractivity contribution is -0.132. The van der Waals surface area contributed by atoms with E-state index in [4.69, 9.17) is 5.11 Å². The molecule has 60 valence electrons. The van der Waals surface area contributed by atoms with Gasteiger partial charge in [0.2, 0.25) is 6.08 Å². The summed E-state index contributed by atoms with van der Waals surface area (Å²) in [5.41, 5.74) is 0.364. The maximum absolute atomic E-state index is 10.3. The van der Waals surface area contributed by atoms with Crippen molar-refractivity contribution in [1.82, 2.24) is 0 Å². The number of hydrogen-bond donors (Lipinski definition) is 1. The summed E-state index contributed by atoms with van der Waals surface area (Å²) in [6.45, 7) is 3.13. The Labute approximate surface area is 64.3 Å². The lowest BCUT2D eigenvalue weighted by Crippen LogP contribution is -1.99. The molecule has 0 atom stereocenters. The van der Waals surface area contributed by atoms with Crippen LogP contribution in [0.2, 0.25) is 0 Å². The Balaban J connectivity index is 4.82. The van der Waals surface area contributed by atoms with Crippen LogP contribution in [0.25, 0.3) is 0 Å². The molecule has 4 nitrogen and oxygen atoms in total. The number of rotatable bonds is 3. The third-order valence-corrected chi connectivity index (χ3v) is 1.27. The Morgan fingerprint density at radius 3 is 2.45 bits per heavy atom. The molecule has 0 aromatic rings. The van der Waals surface area contributed by atoms with E-state index < -0.39 is 5.97 Å². The predicted octanol–water partition coefficient (Wildman–Crippen LogP) is 1.09. The molecule has 0 aromatic carbocycles. The molecule has 0 bridgehead atoms. The van der Waals surface area contributed by atoms with Crippen molar-refractivity contribution >= 4 is 12.0 Å². The summed E-state index contributed by atoms with van der Waals surface area (Å²) in [4.78, 5) is 23.4. The fraction of sp³-hybridized carbons (Fsp3) is 0.429. The summed E-state index contributed by atoms with van der Waals surface area (Å²) in [7, 11) is 0. The number of aliphatic imine (C=N–C) groups is 1. The van der Waals surface area contributed by atoms with E-state index in [-0.39, 0.29) is 11.3 Å². The molecule has 0 saturated carbocycles. The van der Waals surface area contributed by atoms with Crippen molar-refractivity contribution in [3.05, 3.63) is 11.3 Å². The van der Waals surface area contributed by atoms with Crippen molar-refractivity contribution in [3.63, 3.8) is 0 Å². The van der Waals surface area contributed by atoms with Crippen molar-refractivity contribution in [2.75, 3.05) is 0 Å². The molecule has 0 aliphatic carbocycles. The first-order valence-electron chi connectivity index (χ1n) is 3.14. The molecule has 0 radical (unpaired) electrons. The SMILES string of the molecule is CC/C(N=C=O)=C(/C)C(=O)O. The summed E-state index contributed by atoms with van der Waals surface area (Å²) in [5.74, 6) is -1.05. The van der Waals surface area contributed by atoms with E-state index in [0.717, 1.165) is 0 Å². The molecule has 0 aromatic heterocycles. The molecule has 0 aliphatic rings. The van der Waals surface area contributed by atoms with Crippen LogP contribution >= 0.6 is 0 Å². The minimum atomic E-state index is -1.05. The number of carboxylic acids is 1. The highest BCUT2D eigenvalue weighted by molar-refractivity contribution is 5.86. The van der Waals surface area contributed by atoms with Gasteiger partial charge in [-0.05, 0) is 13.3 Å². The van der Waals surface area contributed by atoms with E-state index in [1.165, 1.54) is 13.0 Å². The number of isocyanates is 1. The van der Waals surface area contributed by atoms with Gasteiger partial charge in [-0.2, -0.15) is 4.99 Å². The summed E-state index contributed by atoms with van der Waals surface area (Å²) in [6.07, 6.45) is 1.73. The number of carbonyl (C=O) groups excluding carboxylic acids is 1. The Hall–Kier alpha value is -1.41. The van der Waals surface area contributed by atoms with Gasteiger partial charge in [-0.25, -0.2) is 9.59 Å². The van der Waals surface area contributed by atoms with Crippen molar-refractivity contribution < 1.29 is 14.7 Å². The normalized spacial score (nSPS) is 11.5. The Morgan fingerprint density at radius 2 is 2.18 bits per heavy atom. The molecule has 0 saturated heterocycles. The molecule has 1 N–H and O–H groups in total. The molecule has 0 fully saturated rings. The van der Waals surface area contributed by atoms with Gasteiger partial charge in [-0.1, -0.05) is 6.92 Å². The molecule has 0 aliphatic heterocycles. The second-order valence-corrected chi connectivity index (χ2v) is 1.93. The zero-order valence-corrected chi connectivity index (χ0v) is 6.42. The molecule has 0 rings (SSSR count). The highest BCUT2D eigenvalue weighted by atomic mass is 16.4. The number of nitrogens with zero attached hydrogens (tertiary/aromatic N) is 1. The number of aliphatic carboxylic acids is 1. The highest BCUT2D eigenvalue weighted by Gasteiger charge is 2.05. The van der Waals surface area contributed by atoms with Crippen molar-refractivity contribution in [2.24, 2.45) is 4.99 Å². The Kier molecular flexibility index (Phi) is 3.85. The second kappa shape index (κ2) is 4.41. The highest BCUT2D eigenvalue weighted by Crippen LogP contribution is 2.08. The van der Waals surface area contributed by atoms with Crippen molar-refractivity contribution in [3.8, 4) is 0 Å². The van der Waals surface area contributed by atoms with Crippen molar-refractivity contribution in [2.45, 2.75) is 20.3 Å². The third-order valence-electron chi connectivity index (χ3n) is 1.27. The van der Waals surface area contributed by atoms with Gasteiger partial charge in [0.05, 0.1) is 11.3 Å². The van der Waals surface area contributed by atoms with E-state index in [1.54, 1.807) is 6.92 Å². The van der Waals surface area contributed by atoms with Gasteiger partial charge in [-0.15, -0.1) is 0 Å². The third kappa shape index (κ3) is 2.78. The molecule has 4 heteroatoms. The van der Waals surface area contributed by atoms with Gasteiger partial charge < -0.3 is 5.11 Å². The molecule has 0 heterocycles. The van der Waals surface area contributed by atoms with Crippen molar-refractivity contribution in [1.29, 1.82) is 0 Å². The average molecular weight is 155 g/mol. The van der Waals surface area contributed by atoms with Crippen LogP contribution in [0, 0.1) is 0 Å². The van der Waals surface area contributed by atoms with Crippen LogP contribution in [0.5, 0.6) is 0 Å². The molecular weight excluding hydrogens is 146 g/mol. The van der Waals surface area contributed by atoms with Crippen LogP contribution in [-0.2, 0) is 9.59 Å². The van der Waals surface area contributed by atoms with Gasteiger partial charge >= 0.3 is 5.97 Å². The maximum atomic E-state index is 10.3. The quantitative estimate of drug-likeness (QED) is 0.377. The van der Waals surface area contributed by atoms with Gasteiger partial charge in [0.1, 0.15) is 0 Å². The maximum Gasteiger partial charge on any atom is 0.333 e. The van der Waals surface area contributed by atoms with Crippen LogP contribution in [0.15, 0.2) is 16.3 Å². The van der Waals surface area contributed by atoms with E-state index in [9.17, 15) is 9.59 Å². The van der Waals surface area contributed by atoms with Crippen LogP contribution in [0.3, 0.4) is 0 Å². The van der Waals surface area contributed by atoms with E-state index in [1.807, 2.05) is 0 Å². The molecule has 0 amide bonds. The Bertz CT molecular complexity index is 236. The summed E-state index contributed by atoms with van der Waals surface area (Å²) < 4.78 is 0. The second-order valence-electron chi connectivity index (χ2n) is 1.93. The van der Waals surface area contributed by atoms with Gasteiger partial charge in [0, 0.05) is 0 Å². The molecule has 11 heavy (non-hydrogen) atoms. The smallest absolute Gasteiger partial charge is 0.333 e. The van der Waals surface area contributed by atoms with Gasteiger partial charge in [0.15, 0.2) is 0 Å². The minimum Gasteiger partial charge on any atom is -0.478 e. The Morgan fingerprint density at radius 1 is 1.64 bits per heavy atom. The van der Waals surface area contributed by atoms with E-state index in [2.05, 4.69) is 4.99 Å². The number of allylic oxidation sites excluding steroid dienone is 1.